The molecule has 1 N–H and O–H groups in total. The zero-order valence-corrected chi connectivity index (χ0v) is 8.00. The van der Waals surface area contributed by atoms with Gasteiger partial charge in [-0.05, 0) is 18.2 Å². The van der Waals surface area contributed by atoms with E-state index in [9.17, 15) is 0 Å². The van der Waals surface area contributed by atoms with E-state index in [2.05, 4.69) is 9.97 Å². The Morgan fingerprint density at radius 2 is 2.00 bits per heavy atom. The third-order valence-electron chi connectivity index (χ3n) is 1.90. The fourth-order valence-corrected chi connectivity index (χ4v) is 1.17. The standard InChI is InChI=1S/C11H10N2O2/c14-8-9-3-5-13-7-11(9)15-10-2-1-4-12-6-10/h1-7,14H,8H2. The lowest BCUT2D eigenvalue weighted by Crippen LogP contribution is -1.92. The number of aromatic nitrogens is 2. The van der Waals surface area contributed by atoms with Gasteiger partial charge in [0.15, 0.2) is 5.75 Å². The van der Waals surface area contributed by atoms with E-state index < -0.39 is 0 Å². The van der Waals surface area contributed by atoms with Crippen LogP contribution in [0, 0.1) is 0 Å². The summed E-state index contributed by atoms with van der Waals surface area (Å²) in [7, 11) is 0. The van der Waals surface area contributed by atoms with Gasteiger partial charge < -0.3 is 9.84 Å². The second kappa shape index (κ2) is 4.52. The van der Waals surface area contributed by atoms with E-state index >= 15 is 0 Å². The fraction of sp³-hybridized carbons (Fsp3) is 0.0909. The summed E-state index contributed by atoms with van der Waals surface area (Å²) in [6.07, 6.45) is 6.46. The van der Waals surface area contributed by atoms with E-state index in [4.69, 9.17) is 9.84 Å². The first-order valence-corrected chi connectivity index (χ1v) is 4.52. The Labute approximate surface area is 87.2 Å². The average Bonchev–Trinajstić information content (AvgIpc) is 2.31. The van der Waals surface area contributed by atoms with Gasteiger partial charge in [0, 0.05) is 18.0 Å². The van der Waals surface area contributed by atoms with Crippen molar-refractivity contribution in [2.45, 2.75) is 6.61 Å². The number of aliphatic hydroxyl groups is 1. The molecule has 0 spiro atoms. The first-order chi connectivity index (χ1) is 7.40. The van der Waals surface area contributed by atoms with Crippen LogP contribution in [0.2, 0.25) is 0 Å². The third kappa shape index (κ3) is 2.30. The highest BCUT2D eigenvalue weighted by Gasteiger charge is 2.03. The van der Waals surface area contributed by atoms with Crippen molar-refractivity contribution in [3.63, 3.8) is 0 Å². The summed E-state index contributed by atoms with van der Waals surface area (Å²) in [6, 6.07) is 5.29. The maximum atomic E-state index is 9.07. The molecule has 4 heteroatoms. The van der Waals surface area contributed by atoms with E-state index in [1.807, 2.05) is 0 Å². The second-order valence-corrected chi connectivity index (χ2v) is 2.93. The highest BCUT2D eigenvalue weighted by molar-refractivity contribution is 5.33. The summed E-state index contributed by atoms with van der Waals surface area (Å²) in [5, 5.41) is 9.07. The predicted octanol–water partition coefficient (Wildman–Crippen LogP) is 1.76. The van der Waals surface area contributed by atoms with Crippen molar-refractivity contribution in [2.24, 2.45) is 0 Å². The minimum absolute atomic E-state index is 0.0713. The Bertz CT molecular complexity index is 432. The van der Waals surface area contributed by atoms with Crippen molar-refractivity contribution in [2.75, 3.05) is 0 Å². The van der Waals surface area contributed by atoms with Crippen LogP contribution in [0.5, 0.6) is 11.5 Å². The molecule has 15 heavy (non-hydrogen) atoms. The average molecular weight is 202 g/mol. The SMILES string of the molecule is OCc1ccncc1Oc1cccnc1. The van der Waals surface area contributed by atoms with E-state index in [-0.39, 0.29) is 6.61 Å². The molecule has 0 atom stereocenters. The van der Waals surface area contributed by atoms with Gasteiger partial charge in [0.05, 0.1) is 19.0 Å². The van der Waals surface area contributed by atoms with Gasteiger partial charge in [-0.3, -0.25) is 9.97 Å². The lowest BCUT2D eigenvalue weighted by Gasteiger charge is -2.07. The largest absolute Gasteiger partial charge is 0.454 e. The maximum Gasteiger partial charge on any atom is 0.151 e. The van der Waals surface area contributed by atoms with Crippen LogP contribution in [0.1, 0.15) is 5.56 Å². The number of aliphatic hydroxyl groups excluding tert-OH is 1. The molecule has 0 amide bonds. The topological polar surface area (TPSA) is 55.2 Å². The van der Waals surface area contributed by atoms with Crippen LogP contribution in [0.15, 0.2) is 43.0 Å². The van der Waals surface area contributed by atoms with Gasteiger partial charge in [0.1, 0.15) is 5.75 Å². The van der Waals surface area contributed by atoms with Gasteiger partial charge in [-0.1, -0.05) is 0 Å². The van der Waals surface area contributed by atoms with Crippen molar-refractivity contribution in [3.05, 3.63) is 48.5 Å². The summed E-state index contributed by atoms with van der Waals surface area (Å²) in [5.41, 5.74) is 0.703. The molecule has 2 aromatic heterocycles. The quantitative estimate of drug-likeness (QED) is 0.823. The van der Waals surface area contributed by atoms with E-state index in [0.717, 1.165) is 0 Å². The summed E-state index contributed by atoms with van der Waals surface area (Å²) in [5.74, 6) is 1.17. The molecule has 0 unspecified atom stereocenters. The number of hydrogen-bond donors (Lipinski definition) is 1. The molecule has 2 rings (SSSR count). The van der Waals surface area contributed by atoms with Crippen LogP contribution in [0.4, 0.5) is 0 Å². The lowest BCUT2D eigenvalue weighted by molar-refractivity contribution is 0.276. The van der Waals surface area contributed by atoms with E-state index in [1.165, 1.54) is 0 Å². The van der Waals surface area contributed by atoms with Crippen molar-refractivity contribution in [1.29, 1.82) is 0 Å². The number of hydrogen-bond acceptors (Lipinski definition) is 4. The number of pyridine rings is 2. The van der Waals surface area contributed by atoms with Gasteiger partial charge in [-0.15, -0.1) is 0 Å². The molecule has 0 bridgehead atoms. The minimum atomic E-state index is -0.0713. The van der Waals surface area contributed by atoms with E-state index in [1.54, 1.807) is 43.0 Å². The molecule has 0 aliphatic rings. The third-order valence-corrected chi connectivity index (χ3v) is 1.90. The van der Waals surface area contributed by atoms with Gasteiger partial charge in [-0.25, -0.2) is 0 Å². The second-order valence-electron chi connectivity index (χ2n) is 2.93. The monoisotopic (exact) mass is 202 g/mol. The Kier molecular flexibility index (Phi) is 2.90. The smallest absolute Gasteiger partial charge is 0.151 e. The zero-order valence-electron chi connectivity index (χ0n) is 8.00. The normalized spacial score (nSPS) is 9.93. The molecule has 0 radical (unpaired) electrons. The van der Waals surface area contributed by atoms with Crippen molar-refractivity contribution < 1.29 is 9.84 Å². The van der Waals surface area contributed by atoms with E-state index in [0.29, 0.717) is 17.1 Å². The Balaban J connectivity index is 2.24. The van der Waals surface area contributed by atoms with Crippen LogP contribution in [0.3, 0.4) is 0 Å². The number of nitrogens with zero attached hydrogens (tertiary/aromatic N) is 2. The van der Waals surface area contributed by atoms with Gasteiger partial charge in [0.25, 0.3) is 0 Å². The van der Waals surface area contributed by atoms with Crippen molar-refractivity contribution in [1.82, 2.24) is 9.97 Å². The Hall–Kier alpha value is -1.94. The van der Waals surface area contributed by atoms with Crippen molar-refractivity contribution in [3.8, 4) is 11.5 Å². The van der Waals surface area contributed by atoms with Gasteiger partial charge in [0.2, 0.25) is 0 Å². The first-order valence-electron chi connectivity index (χ1n) is 4.52. The van der Waals surface area contributed by atoms with Crippen LogP contribution < -0.4 is 4.74 Å². The maximum absolute atomic E-state index is 9.07. The minimum Gasteiger partial charge on any atom is -0.454 e. The lowest BCUT2D eigenvalue weighted by atomic mass is 10.2. The first kappa shape index (κ1) is 9.61. The summed E-state index contributed by atoms with van der Waals surface area (Å²) < 4.78 is 5.52. The van der Waals surface area contributed by atoms with Gasteiger partial charge >= 0.3 is 0 Å². The summed E-state index contributed by atoms with van der Waals surface area (Å²) >= 11 is 0. The van der Waals surface area contributed by atoms with Crippen molar-refractivity contribution >= 4 is 0 Å². The summed E-state index contributed by atoms with van der Waals surface area (Å²) in [6.45, 7) is -0.0713. The molecule has 0 saturated heterocycles. The van der Waals surface area contributed by atoms with Crippen LogP contribution in [-0.4, -0.2) is 15.1 Å². The van der Waals surface area contributed by atoms with Crippen LogP contribution in [0.25, 0.3) is 0 Å². The van der Waals surface area contributed by atoms with Gasteiger partial charge in [-0.2, -0.15) is 0 Å². The molecule has 2 heterocycles. The Morgan fingerprint density at radius 1 is 1.13 bits per heavy atom. The molecule has 4 nitrogen and oxygen atoms in total. The van der Waals surface area contributed by atoms with Crippen LogP contribution >= 0.6 is 0 Å². The number of rotatable bonds is 3. The Morgan fingerprint density at radius 3 is 2.73 bits per heavy atom. The molecular weight excluding hydrogens is 192 g/mol. The highest BCUT2D eigenvalue weighted by Crippen LogP contribution is 2.23. The molecule has 76 valence electrons. The summed E-state index contributed by atoms with van der Waals surface area (Å²) in [4.78, 5) is 7.86. The van der Waals surface area contributed by atoms with Crippen LogP contribution in [-0.2, 0) is 6.61 Å². The fourth-order valence-electron chi connectivity index (χ4n) is 1.17. The molecule has 0 aliphatic heterocycles. The molecule has 0 fully saturated rings. The molecule has 0 aliphatic carbocycles. The molecule has 0 aromatic carbocycles. The molecule has 2 aromatic rings. The highest BCUT2D eigenvalue weighted by atomic mass is 16.5. The molecular formula is C11H10N2O2. The predicted molar refractivity (Wildman–Crippen MR) is 54.5 cm³/mol. The molecule has 0 saturated carbocycles. The number of ether oxygens (including phenoxy) is 1. The zero-order chi connectivity index (χ0) is 10.5.